The fraction of sp³-hybridized carbons (Fsp3) is 0.269. The summed E-state index contributed by atoms with van der Waals surface area (Å²) < 4.78 is 1.38. The Labute approximate surface area is 203 Å². The average Bonchev–Trinajstić information content (AvgIpc) is 2.87. The van der Waals surface area contributed by atoms with E-state index in [2.05, 4.69) is 39.2 Å². The van der Waals surface area contributed by atoms with Gasteiger partial charge in [0.1, 0.15) is 12.4 Å². The molecule has 0 saturated carbocycles. The molecule has 1 N–H and O–H groups in total. The Morgan fingerprint density at radius 3 is 2.49 bits per heavy atom. The Morgan fingerprint density at radius 2 is 1.71 bits per heavy atom. The molecule has 4 aromatic rings. The van der Waals surface area contributed by atoms with Crippen LogP contribution in [0.5, 0.6) is 0 Å². The molecule has 9 heteroatoms. The molecule has 0 unspecified atom stereocenters. The van der Waals surface area contributed by atoms with Crippen molar-refractivity contribution in [2.45, 2.75) is 20.4 Å². The first-order valence-electron chi connectivity index (χ1n) is 11.6. The molecule has 0 bridgehead atoms. The predicted octanol–water partition coefficient (Wildman–Crippen LogP) is 2.90. The van der Waals surface area contributed by atoms with E-state index >= 15 is 0 Å². The number of aromatic nitrogens is 4. The zero-order valence-corrected chi connectivity index (χ0v) is 19.8. The van der Waals surface area contributed by atoms with E-state index in [1.165, 1.54) is 16.5 Å². The van der Waals surface area contributed by atoms with E-state index in [1.54, 1.807) is 23.1 Å². The zero-order chi connectivity index (χ0) is 24.4. The topological polar surface area (TPSA) is 96.3 Å². The molecule has 0 spiro atoms. The van der Waals surface area contributed by atoms with E-state index in [4.69, 9.17) is 4.98 Å². The van der Waals surface area contributed by atoms with E-state index in [0.29, 0.717) is 43.0 Å². The molecule has 178 valence electrons. The van der Waals surface area contributed by atoms with Crippen molar-refractivity contribution in [1.29, 1.82) is 0 Å². The van der Waals surface area contributed by atoms with Crippen LogP contribution in [0.4, 0.5) is 17.5 Å². The summed E-state index contributed by atoms with van der Waals surface area (Å²) in [5.41, 5.74) is 3.46. The van der Waals surface area contributed by atoms with Crippen LogP contribution in [0, 0.1) is 13.8 Å². The number of carbonyl (C=O) groups excluding carboxylic acids is 1. The molecule has 2 aromatic heterocycles. The van der Waals surface area contributed by atoms with Gasteiger partial charge in [0.15, 0.2) is 0 Å². The van der Waals surface area contributed by atoms with Crippen molar-refractivity contribution in [3.8, 4) is 0 Å². The second-order valence-electron chi connectivity index (χ2n) is 8.75. The molecular weight excluding hydrogens is 442 g/mol. The lowest BCUT2D eigenvalue weighted by Crippen LogP contribution is -2.50. The van der Waals surface area contributed by atoms with Gasteiger partial charge in [-0.25, -0.2) is 9.97 Å². The molecule has 1 amide bonds. The minimum absolute atomic E-state index is 0.0256. The lowest BCUT2D eigenvalue weighted by Gasteiger charge is -2.35. The quantitative estimate of drug-likeness (QED) is 0.480. The number of anilines is 3. The molecule has 35 heavy (non-hydrogen) atoms. The maximum absolute atomic E-state index is 12.9. The molecular formula is C26H27N7O2. The molecule has 1 saturated heterocycles. The number of carbonyl (C=O) groups is 1. The van der Waals surface area contributed by atoms with Crippen LogP contribution >= 0.6 is 0 Å². The number of aryl methyl sites for hydroxylation is 2. The van der Waals surface area contributed by atoms with Crippen LogP contribution < -0.4 is 15.8 Å². The Hall–Kier alpha value is -4.27. The maximum Gasteiger partial charge on any atom is 0.261 e. The van der Waals surface area contributed by atoms with Gasteiger partial charge in [0, 0.05) is 43.6 Å². The number of fused-ring (bicyclic) bond motifs is 1. The monoisotopic (exact) mass is 469 g/mol. The van der Waals surface area contributed by atoms with Crippen LogP contribution in [0.1, 0.15) is 11.3 Å². The fourth-order valence-electron chi connectivity index (χ4n) is 4.16. The van der Waals surface area contributed by atoms with E-state index in [9.17, 15) is 9.59 Å². The van der Waals surface area contributed by atoms with E-state index < -0.39 is 0 Å². The predicted molar refractivity (Wildman–Crippen MR) is 136 cm³/mol. The lowest BCUT2D eigenvalue weighted by atomic mass is 10.2. The number of nitrogens with zero attached hydrogens (tertiary/aromatic N) is 6. The summed E-state index contributed by atoms with van der Waals surface area (Å²) >= 11 is 0. The highest BCUT2D eigenvalue weighted by Gasteiger charge is 2.23. The van der Waals surface area contributed by atoms with Crippen molar-refractivity contribution in [1.82, 2.24) is 24.4 Å². The highest BCUT2D eigenvalue weighted by atomic mass is 16.2. The Balaban J connectivity index is 1.23. The molecule has 2 aromatic carbocycles. The number of piperazine rings is 1. The van der Waals surface area contributed by atoms with Crippen LogP contribution in [0.15, 0.2) is 65.7 Å². The molecule has 1 aliphatic heterocycles. The van der Waals surface area contributed by atoms with Gasteiger partial charge in [-0.1, -0.05) is 29.8 Å². The second kappa shape index (κ2) is 9.54. The third-order valence-corrected chi connectivity index (χ3v) is 6.12. The van der Waals surface area contributed by atoms with Gasteiger partial charge in [-0.15, -0.1) is 0 Å². The summed E-state index contributed by atoms with van der Waals surface area (Å²) in [6.45, 7) is 6.27. The van der Waals surface area contributed by atoms with Crippen molar-refractivity contribution in [3.05, 3.63) is 82.5 Å². The zero-order valence-electron chi connectivity index (χ0n) is 19.8. The summed E-state index contributed by atoms with van der Waals surface area (Å²) in [6, 6.07) is 17.2. The molecule has 0 aliphatic carbocycles. The molecule has 3 heterocycles. The van der Waals surface area contributed by atoms with Crippen LogP contribution in [0.25, 0.3) is 10.9 Å². The third-order valence-electron chi connectivity index (χ3n) is 6.12. The highest BCUT2D eigenvalue weighted by Crippen LogP contribution is 2.20. The standard InChI is InChI=1S/C26H27N7O2/c1-18-7-9-20(10-8-18)29-23-15-19(2)28-26(30-23)32-13-11-31(12-14-32)24(34)16-33-17-27-22-6-4-3-5-21(22)25(33)35/h3-10,15,17H,11-14,16H2,1-2H3,(H,28,29,30). The largest absolute Gasteiger partial charge is 0.340 e. The lowest BCUT2D eigenvalue weighted by molar-refractivity contribution is -0.132. The molecule has 1 aliphatic rings. The summed E-state index contributed by atoms with van der Waals surface area (Å²) in [5.74, 6) is 1.27. The summed E-state index contributed by atoms with van der Waals surface area (Å²) in [5, 5.41) is 3.86. The highest BCUT2D eigenvalue weighted by molar-refractivity contribution is 5.79. The first-order chi connectivity index (χ1) is 17.0. The molecule has 9 nitrogen and oxygen atoms in total. The van der Waals surface area contributed by atoms with Crippen molar-refractivity contribution in [2.24, 2.45) is 0 Å². The van der Waals surface area contributed by atoms with E-state index in [-0.39, 0.29) is 18.0 Å². The summed E-state index contributed by atoms with van der Waals surface area (Å²) in [4.78, 5) is 43.1. The van der Waals surface area contributed by atoms with Crippen LogP contribution in [-0.2, 0) is 11.3 Å². The van der Waals surface area contributed by atoms with Crippen molar-refractivity contribution in [3.63, 3.8) is 0 Å². The first-order valence-corrected chi connectivity index (χ1v) is 11.6. The van der Waals surface area contributed by atoms with Gasteiger partial charge in [0.25, 0.3) is 5.56 Å². The van der Waals surface area contributed by atoms with Crippen molar-refractivity contribution >= 4 is 34.3 Å². The number of hydrogen-bond donors (Lipinski definition) is 1. The van der Waals surface area contributed by atoms with Gasteiger partial charge < -0.3 is 15.1 Å². The van der Waals surface area contributed by atoms with Gasteiger partial charge in [0.2, 0.25) is 11.9 Å². The summed E-state index contributed by atoms with van der Waals surface area (Å²) in [6.07, 6.45) is 1.45. The van der Waals surface area contributed by atoms with Gasteiger partial charge in [-0.3, -0.25) is 14.2 Å². The van der Waals surface area contributed by atoms with E-state index in [0.717, 1.165) is 17.2 Å². The smallest absolute Gasteiger partial charge is 0.261 e. The average molecular weight is 470 g/mol. The SMILES string of the molecule is Cc1ccc(Nc2cc(C)nc(N3CCN(C(=O)Cn4cnc5ccccc5c4=O)CC3)n2)cc1. The van der Waals surface area contributed by atoms with E-state index in [1.807, 2.05) is 31.2 Å². The van der Waals surface area contributed by atoms with Gasteiger partial charge in [0.05, 0.1) is 17.2 Å². The Bertz CT molecular complexity index is 1420. The Morgan fingerprint density at radius 1 is 0.971 bits per heavy atom. The van der Waals surface area contributed by atoms with Crippen molar-refractivity contribution < 1.29 is 4.79 Å². The minimum Gasteiger partial charge on any atom is -0.340 e. The second-order valence-corrected chi connectivity index (χ2v) is 8.75. The number of para-hydroxylation sites is 1. The number of nitrogens with one attached hydrogen (secondary N) is 1. The molecule has 0 atom stereocenters. The normalized spacial score (nSPS) is 13.8. The number of benzene rings is 2. The number of amides is 1. The minimum atomic E-state index is -0.204. The van der Waals surface area contributed by atoms with Crippen LogP contribution in [0.2, 0.25) is 0 Å². The van der Waals surface area contributed by atoms with Gasteiger partial charge in [-0.05, 0) is 38.1 Å². The van der Waals surface area contributed by atoms with Crippen LogP contribution in [-0.4, -0.2) is 56.5 Å². The molecule has 1 fully saturated rings. The third kappa shape index (κ3) is 4.98. The van der Waals surface area contributed by atoms with Crippen LogP contribution in [0.3, 0.4) is 0 Å². The summed E-state index contributed by atoms with van der Waals surface area (Å²) in [7, 11) is 0. The molecule has 0 radical (unpaired) electrons. The number of hydrogen-bond acceptors (Lipinski definition) is 7. The van der Waals surface area contributed by atoms with Gasteiger partial charge >= 0.3 is 0 Å². The Kier molecular flexibility index (Phi) is 6.13. The maximum atomic E-state index is 12.9. The molecule has 5 rings (SSSR count). The first kappa shape index (κ1) is 22.5. The van der Waals surface area contributed by atoms with Gasteiger partial charge in [-0.2, -0.15) is 4.98 Å². The number of rotatable bonds is 5. The fourth-order valence-corrected chi connectivity index (χ4v) is 4.16. The van der Waals surface area contributed by atoms with Crippen molar-refractivity contribution in [2.75, 3.05) is 36.4 Å².